The molecule has 1 saturated carbocycles. The predicted octanol–water partition coefficient (Wildman–Crippen LogP) is 3.35. The van der Waals surface area contributed by atoms with Gasteiger partial charge in [0.1, 0.15) is 5.82 Å². The zero-order valence-electron chi connectivity index (χ0n) is 11.3. The first-order valence-corrected chi connectivity index (χ1v) is 7.41. The third-order valence-electron chi connectivity index (χ3n) is 3.74. The molecule has 3 N–H and O–H groups in total. The fourth-order valence-electron chi connectivity index (χ4n) is 2.44. The summed E-state index contributed by atoms with van der Waals surface area (Å²) in [6.45, 7) is 0.281. The number of anilines is 1. The van der Waals surface area contributed by atoms with Crippen LogP contribution in [0.2, 0.25) is 0 Å². The summed E-state index contributed by atoms with van der Waals surface area (Å²) in [7, 11) is 0. The van der Waals surface area contributed by atoms with Gasteiger partial charge in [-0.05, 0) is 36.5 Å². The highest BCUT2D eigenvalue weighted by Crippen LogP contribution is 2.43. The number of rotatable bonds is 5. The van der Waals surface area contributed by atoms with Gasteiger partial charge in [-0.3, -0.25) is 4.79 Å². The van der Waals surface area contributed by atoms with Gasteiger partial charge in [-0.1, -0.05) is 22.4 Å². The number of hydrogen-bond donors (Lipinski definition) is 3. The summed E-state index contributed by atoms with van der Waals surface area (Å²) in [5.41, 5.74) is -0.280. The number of nitrogens with one attached hydrogen (secondary N) is 2. The Labute approximate surface area is 130 Å². The number of urea groups is 1. The fourth-order valence-corrected chi connectivity index (χ4v) is 2.77. The Morgan fingerprint density at radius 1 is 1.38 bits per heavy atom. The van der Waals surface area contributed by atoms with Crippen molar-refractivity contribution in [3.8, 4) is 0 Å². The minimum atomic E-state index is -0.865. The van der Waals surface area contributed by atoms with Gasteiger partial charge >= 0.3 is 12.0 Å². The normalized spacial score (nSPS) is 15.9. The van der Waals surface area contributed by atoms with Crippen LogP contribution >= 0.6 is 15.9 Å². The average molecular weight is 359 g/mol. The third kappa shape index (κ3) is 4.17. The van der Waals surface area contributed by atoms with Crippen LogP contribution in [0.15, 0.2) is 22.7 Å². The molecule has 2 rings (SSSR count). The second kappa shape index (κ2) is 6.43. The molecule has 0 atom stereocenters. The van der Waals surface area contributed by atoms with Gasteiger partial charge in [0.2, 0.25) is 0 Å². The summed E-state index contributed by atoms with van der Waals surface area (Å²) < 4.78 is 14.2. The highest BCUT2D eigenvalue weighted by Gasteiger charge is 2.39. The molecule has 0 aliphatic heterocycles. The molecule has 0 heterocycles. The van der Waals surface area contributed by atoms with E-state index in [9.17, 15) is 14.0 Å². The van der Waals surface area contributed by atoms with Gasteiger partial charge < -0.3 is 15.7 Å². The molecule has 0 bridgehead atoms. The fraction of sp³-hybridized carbons (Fsp3) is 0.429. The molecule has 1 aromatic carbocycles. The van der Waals surface area contributed by atoms with E-state index < -0.39 is 17.8 Å². The highest BCUT2D eigenvalue weighted by atomic mass is 79.9. The van der Waals surface area contributed by atoms with Crippen LogP contribution in [0.5, 0.6) is 0 Å². The Morgan fingerprint density at radius 2 is 2.10 bits per heavy atom. The number of hydrogen-bond acceptors (Lipinski definition) is 2. The zero-order chi connectivity index (χ0) is 15.5. The van der Waals surface area contributed by atoms with E-state index in [2.05, 4.69) is 26.6 Å². The summed E-state index contributed by atoms with van der Waals surface area (Å²) in [4.78, 5) is 22.6. The molecule has 0 saturated heterocycles. The van der Waals surface area contributed by atoms with Crippen molar-refractivity contribution in [2.45, 2.75) is 25.7 Å². The number of carbonyl (C=O) groups is 2. The maximum absolute atomic E-state index is 13.6. The molecule has 5 nitrogen and oxygen atoms in total. The number of carboxylic acids is 1. The molecule has 7 heteroatoms. The molecule has 1 aromatic rings. The molecule has 0 spiro atoms. The molecular formula is C14H16BrFN2O3. The molecule has 1 fully saturated rings. The van der Waals surface area contributed by atoms with Crippen LogP contribution in [0.3, 0.4) is 0 Å². The van der Waals surface area contributed by atoms with E-state index in [1.807, 2.05) is 0 Å². The average Bonchev–Trinajstić information content (AvgIpc) is 2.35. The molecule has 0 aromatic heterocycles. The number of benzene rings is 1. The lowest BCUT2D eigenvalue weighted by Gasteiger charge is -2.40. The van der Waals surface area contributed by atoms with Crippen LogP contribution in [0.25, 0.3) is 0 Å². The van der Waals surface area contributed by atoms with Crippen molar-refractivity contribution in [2.24, 2.45) is 5.41 Å². The summed E-state index contributed by atoms with van der Waals surface area (Å²) in [5, 5.41) is 13.9. The lowest BCUT2D eigenvalue weighted by atomic mass is 9.66. The van der Waals surface area contributed by atoms with Gasteiger partial charge in [0.15, 0.2) is 0 Å². The van der Waals surface area contributed by atoms with Crippen molar-refractivity contribution in [3.05, 3.63) is 28.5 Å². The van der Waals surface area contributed by atoms with Crippen molar-refractivity contribution < 1.29 is 19.1 Å². The zero-order valence-corrected chi connectivity index (χ0v) is 12.9. The Bertz CT molecular complexity index is 561. The molecule has 1 aliphatic rings. The van der Waals surface area contributed by atoms with E-state index in [4.69, 9.17) is 5.11 Å². The van der Waals surface area contributed by atoms with Crippen molar-refractivity contribution in [1.29, 1.82) is 0 Å². The molecular weight excluding hydrogens is 343 g/mol. The van der Waals surface area contributed by atoms with Gasteiger partial charge in [-0.15, -0.1) is 0 Å². The van der Waals surface area contributed by atoms with E-state index in [0.717, 1.165) is 19.3 Å². The lowest BCUT2D eigenvalue weighted by Crippen LogP contribution is -2.44. The van der Waals surface area contributed by atoms with Gasteiger partial charge in [0, 0.05) is 11.0 Å². The minimum Gasteiger partial charge on any atom is -0.481 e. The van der Waals surface area contributed by atoms with Crippen molar-refractivity contribution in [2.75, 3.05) is 11.9 Å². The second-order valence-electron chi connectivity index (χ2n) is 5.36. The molecule has 2 amide bonds. The Kier molecular flexibility index (Phi) is 4.82. The predicted molar refractivity (Wildman–Crippen MR) is 79.7 cm³/mol. The van der Waals surface area contributed by atoms with Crippen molar-refractivity contribution >= 4 is 33.6 Å². The second-order valence-corrected chi connectivity index (χ2v) is 6.27. The SMILES string of the molecule is O=C(O)CC1(CNC(=O)Nc2ccc(Br)cc2F)CCC1. The van der Waals surface area contributed by atoms with E-state index >= 15 is 0 Å². The molecule has 0 unspecified atom stereocenters. The number of amides is 2. The molecule has 114 valence electrons. The lowest BCUT2D eigenvalue weighted by molar-refractivity contribution is -0.141. The van der Waals surface area contributed by atoms with E-state index in [1.54, 1.807) is 6.07 Å². The standard InChI is InChI=1S/C14H16BrFN2O3/c15-9-2-3-11(10(16)6-9)18-13(21)17-8-14(4-1-5-14)7-12(19)20/h2-3,6H,1,4-5,7-8H2,(H,19,20)(H2,17,18,21). The largest absolute Gasteiger partial charge is 0.481 e. The first-order chi connectivity index (χ1) is 9.90. The van der Waals surface area contributed by atoms with Crippen molar-refractivity contribution in [1.82, 2.24) is 5.32 Å². The van der Waals surface area contributed by atoms with Crippen LogP contribution in [0.1, 0.15) is 25.7 Å². The smallest absolute Gasteiger partial charge is 0.319 e. The van der Waals surface area contributed by atoms with Gasteiger partial charge in [-0.25, -0.2) is 9.18 Å². The Balaban J connectivity index is 1.88. The van der Waals surface area contributed by atoms with Crippen LogP contribution < -0.4 is 10.6 Å². The monoisotopic (exact) mass is 358 g/mol. The van der Waals surface area contributed by atoms with Crippen molar-refractivity contribution in [3.63, 3.8) is 0 Å². The Hall–Kier alpha value is -1.63. The summed E-state index contributed by atoms with van der Waals surface area (Å²) >= 11 is 3.14. The third-order valence-corrected chi connectivity index (χ3v) is 4.24. The Morgan fingerprint density at radius 3 is 2.62 bits per heavy atom. The van der Waals surface area contributed by atoms with Gasteiger partial charge in [0.25, 0.3) is 0 Å². The minimum absolute atomic E-state index is 0.0416. The van der Waals surface area contributed by atoms with Crippen LogP contribution in [0.4, 0.5) is 14.9 Å². The van der Waals surface area contributed by atoms with E-state index in [1.165, 1.54) is 12.1 Å². The van der Waals surface area contributed by atoms with Gasteiger partial charge in [0.05, 0.1) is 12.1 Å². The summed E-state index contributed by atoms with van der Waals surface area (Å²) in [5.74, 6) is -1.40. The molecule has 0 radical (unpaired) electrons. The summed E-state index contributed by atoms with van der Waals surface area (Å²) in [6.07, 6.45) is 2.58. The number of halogens is 2. The van der Waals surface area contributed by atoms with E-state index in [-0.39, 0.29) is 24.1 Å². The number of aliphatic carboxylic acids is 1. The quantitative estimate of drug-likeness (QED) is 0.754. The van der Waals surface area contributed by atoms with Gasteiger partial charge in [-0.2, -0.15) is 0 Å². The first-order valence-electron chi connectivity index (χ1n) is 6.62. The highest BCUT2D eigenvalue weighted by molar-refractivity contribution is 9.10. The maximum atomic E-state index is 13.6. The first kappa shape index (κ1) is 15.8. The number of carboxylic acid groups (broad SMARTS) is 1. The van der Waals surface area contributed by atoms with E-state index in [0.29, 0.717) is 4.47 Å². The number of carbonyl (C=O) groups excluding carboxylic acids is 1. The van der Waals surface area contributed by atoms with Crippen LogP contribution in [0, 0.1) is 11.2 Å². The van der Waals surface area contributed by atoms with Crippen LogP contribution in [-0.4, -0.2) is 23.7 Å². The van der Waals surface area contributed by atoms with Crippen LogP contribution in [-0.2, 0) is 4.79 Å². The maximum Gasteiger partial charge on any atom is 0.319 e. The summed E-state index contributed by atoms with van der Waals surface area (Å²) in [6, 6.07) is 3.80. The molecule has 21 heavy (non-hydrogen) atoms. The topological polar surface area (TPSA) is 78.4 Å². The molecule has 1 aliphatic carbocycles.